The monoisotopic (exact) mass is 121 g/mol. The molecule has 0 unspecified atom stereocenters. The van der Waals surface area contributed by atoms with Gasteiger partial charge in [-0.2, -0.15) is 5.26 Å². The Morgan fingerprint density at radius 1 is 1.56 bits per heavy atom. The van der Waals surface area contributed by atoms with E-state index in [9.17, 15) is 0 Å². The van der Waals surface area contributed by atoms with Crippen molar-refractivity contribution < 1.29 is 0 Å². The zero-order chi connectivity index (χ0) is 7.11. The Morgan fingerprint density at radius 2 is 2.22 bits per heavy atom. The summed E-state index contributed by atoms with van der Waals surface area (Å²) in [6.45, 7) is 3.88. The summed E-state index contributed by atoms with van der Waals surface area (Å²) in [5, 5.41) is 8.27. The van der Waals surface area contributed by atoms with E-state index in [1.165, 1.54) is 0 Å². The maximum atomic E-state index is 8.27. The summed E-state index contributed by atoms with van der Waals surface area (Å²) in [4.78, 5) is 0. The Bertz CT molecular complexity index is 158. The van der Waals surface area contributed by atoms with Crippen molar-refractivity contribution in [3.8, 4) is 6.07 Å². The number of hydrogen-bond acceptors (Lipinski definition) is 1. The van der Waals surface area contributed by atoms with Crippen LogP contribution in [0.25, 0.3) is 0 Å². The highest BCUT2D eigenvalue weighted by atomic mass is 14.2. The minimum Gasteiger partial charge on any atom is -0.198 e. The molecule has 1 heteroatoms. The molecule has 1 nitrogen and oxygen atoms in total. The Labute approximate surface area is 56.3 Å². The Kier molecular flexibility index (Phi) is 4.53. The predicted molar refractivity (Wildman–Crippen MR) is 38.8 cm³/mol. The molecule has 48 valence electrons. The van der Waals surface area contributed by atoms with Gasteiger partial charge in [-0.1, -0.05) is 18.2 Å². The lowest BCUT2D eigenvalue weighted by atomic mass is 10.2. The molecule has 0 atom stereocenters. The van der Waals surface area contributed by atoms with Gasteiger partial charge in [-0.3, -0.25) is 0 Å². The molecule has 0 aliphatic heterocycles. The first-order valence-corrected chi connectivity index (χ1v) is 3.00. The van der Waals surface area contributed by atoms with E-state index in [0.717, 1.165) is 5.57 Å². The van der Waals surface area contributed by atoms with Gasteiger partial charge in [0.2, 0.25) is 0 Å². The first-order valence-electron chi connectivity index (χ1n) is 3.00. The first kappa shape index (κ1) is 7.97. The minimum absolute atomic E-state index is 0.515. The van der Waals surface area contributed by atoms with Crippen LogP contribution >= 0.6 is 0 Å². The Hall–Kier alpha value is -1.03. The summed E-state index contributed by atoms with van der Waals surface area (Å²) in [6, 6.07) is 2.08. The first-order chi connectivity index (χ1) is 4.35. The van der Waals surface area contributed by atoms with E-state index in [1.54, 1.807) is 0 Å². The standard InChI is InChI=1S/C8H11N/c1-3-5-8(4-2)6-7-9/h3-5H,6H2,1-2H3. The Morgan fingerprint density at radius 3 is 2.56 bits per heavy atom. The number of hydrogen-bond donors (Lipinski definition) is 0. The zero-order valence-electron chi connectivity index (χ0n) is 5.89. The molecule has 0 radical (unpaired) electrons. The summed E-state index contributed by atoms with van der Waals surface area (Å²) in [7, 11) is 0. The van der Waals surface area contributed by atoms with Crippen LogP contribution in [0, 0.1) is 11.3 Å². The second kappa shape index (κ2) is 5.11. The normalized spacial score (nSPS) is 11.9. The molecule has 0 rings (SSSR count). The van der Waals surface area contributed by atoms with Crippen LogP contribution in [-0.4, -0.2) is 0 Å². The van der Waals surface area contributed by atoms with Gasteiger partial charge in [0.05, 0.1) is 12.5 Å². The number of rotatable bonds is 2. The van der Waals surface area contributed by atoms with Crippen molar-refractivity contribution in [3.63, 3.8) is 0 Å². The molecule has 0 aliphatic carbocycles. The molecule has 0 N–H and O–H groups in total. The van der Waals surface area contributed by atoms with Crippen molar-refractivity contribution in [3.05, 3.63) is 23.8 Å². The van der Waals surface area contributed by atoms with Crippen molar-refractivity contribution in [1.29, 1.82) is 5.26 Å². The highest BCUT2D eigenvalue weighted by Crippen LogP contribution is 2.00. The van der Waals surface area contributed by atoms with Crippen molar-refractivity contribution in [1.82, 2.24) is 0 Å². The third-order valence-electron chi connectivity index (χ3n) is 1.03. The molecule has 0 aromatic carbocycles. The summed E-state index contributed by atoms with van der Waals surface area (Å²) < 4.78 is 0. The van der Waals surface area contributed by atoms with Gasteiger partial charge in [0.1, 0.15) is 0 Å². The van der Waals surface area contributed by atoms with E-state index in [2.05, 4.69) is 6.07 Å². The van der Waals surface area contributed by atoms with Gasteiger partial charge in [0.15, 0.2) is 0 Å². The van der Waals surface area contributed by atoms with Crippen LogP contribution in [0.15, 0.2) is 23.8 Å². The van der Waals surface area contributed by atoms with E-state index in [-0.39, 0.29) is 0 Å². The van der Waals surface area contributed by atoms with E-state index in [0.29, 0.717) is 6.42 Å². The third kappa shape index (κ3) is 3.54. The van der Waals surface area contributed by atoms with Crippen LogP contribution in [0.1, 0.15) is 20.3 Å². The van der Waals surface area contributed by atoms with Gasteiger partial charge in [0.25, 0.3) is 0 Å². The van der Waals surface area contributed by atoms with Crippen molar-refractivity contribution in [2.24, 2.45) is 0 Å². The van der Waals surface area contributed by atoms with E-state index < -0.39 is 0 Å². The van der Waals surface area contributed by atoms with E-state index in [1.807, 2.05) is 32.1 Å². The largest absolute Gasteiger partial charge is 0.198 e. The van der Waals surface area contributed by atoms with Crippen molar-refractivity contribution in [2.75, 3.05) is 0 Å². The molecule has 0 aromatic rings. The number of nitriles is 1. The molecular weight excluding hydrogens is 110 g/mol. The van der Waals surface area contributed by atoms with Crippen LogP contribution in [0.4, 0.5) is 0 Å². The van der Waals surface area contributed by atoms with E-state index in [4.69, 9.17) is 5.26 Å². The van der Waals surface area contributed by atoms with Crippen LogP contribution in [0.2, 0.25) is 0 Å². The predicted octanol–water partition coefficient (Wildman–Crippen LogP) is 2.42. The fourth-order valence-corrected chi connectivity index (χ4v) is 0.563. The minimum atomic E-state index is 0.515. The van der Waals surface area contributed by atoms with E-state index >= 15 is 0 Å². The summed E-state index contributed by atoms with van der Waals surface area (Å²) >= 11 is 0. The molecule has 0 aliphatic rings. The maximum absolute atomic E-state index is 8.27. The van der Waals surface area contributed by atoms with Gasteiger partial charge >= 0.3 is 0 Å². The maximum Gasteiger partial charge on any atom is 0.0669 e. The lowest BCUT2D eigenvalue weighted by molar-refractivity contribution is 1.26. The molecule has 0 fully saturated rings. The van der Waals surface area contributed by atoms with Crippen LogP contribution in [0.3, 0.4) is 0 Å². The fourth-order valence-electron chi connectivity index (χ4n) is 0.563. The quantitative estimate of drug-likeness (QED) is 0.515. The molecule has 0 heterocycles. The van der Waals surface area contributed by atoms with Gasteiger partial charge in [-0.05, 0) is 19.4 Å². The Balaban J connectivity index is 3.89. The van der Waals surface area contributed by atoms with Gasteiger partial charge in [-0.25, -0.2) is 0 Å². The lowest BCUT2D eigenvalue weighted by Crippen LogP contribution is -1.72. The molecule has 0 aromatic heterocycles. The average molecular weight is 121 g/mol. The molecule has 0 bridgehead atoms. The summed E-state index contributed by atoms with van der Waals surface area (Å²) in [5.41, 5.74) is 1.08. The van der Waals surface area contributed by atoms with Gasteiger partial charge in [-0.15, -0.1) is 0 Å². The highest BCUT2D eigenvalue weighted by Gasteiger charge is 1.84. The van der Waals surface area contributed by atoms with Gasteiger partial charge < -0.3 is 0 Å². The van der Waals surface area contributed by atoms with Crippen LogP contribution < -0.4 is 0 Å². The molecule has 9 heavy (non-hydrogen) atoms. The smallest absolute Gasteiger partial charge is 0.0669 e. The summed E-state index contributed by atoms with van der Waals surface area (Å²) in [6.07, 6.45) is 6.35. The van der Waals surface area contributed by atoms with Gasteiger partial charge in [0, 0.05) is 0 Å². The zero-order valence-corrected chi connectivity index (χ0v) is 5.89. The summed E-state index contributed by atoms with van der Waals surface area (Å²) in [5.74, 6) is 0. The molecule has 0 amide bonds. The van der Waals surface area contributed by atoms with Crippen LogP contribution in [0.5, 0.6) is 0 Å². The number of allylic oxidation sites excluding steroid dienone is 4. The van der Waals surface area contributed by atoms with Crippen LogP contribution in [-0.2, 0) is 0 Å². The second-order valence-electron chi connectivity index (χ2n) is 1.70. The average Bonchev–Trinajstić information content (AvgIpc) is 1.88. The number of nitrogens with zero attached hydrogens (tertiary/aromatic N) is 1. The molecular formula is C8H11N. The van der Waals surface area contributed by atoms with Crippen molar-refractivity contribution in [2.45, 2.75) is 20.3 Å². The van der Waals surface area contributed by atoms with Crippen molar-refractivity contribution >= 4 is 0 Å². The molecule has 0 saturated carbocycles. The molecule has 0 spiro atoms. The second-order valence-corrected chi connectivity index (χ2v) is 1.70. The molecule has 0 saturated heterocycles. The SMILES string of the molecule is CC=CC(=CC)CC#N. The highest BCUT2D eigenvalue weighted by molar-refractivity contribution is 5.20. The fraction of sp³-hybridized carbons (Fsp3) is 0.375. The lowest BCUT2D eigenvalue weighted by Gasteiger charge is -1.88. The third-order valence-corrected chi connectivity index (χ3v) is 1.03. The topological polar surface area (TPSA) is 23.8 Å².